The van der Waals surface area contributed by atoms with Crippen LogP contribution >= 0.6 is 33.3 Å². The summed E-state index contributed by atoms with van der Waals surface area (Å²) in [5.41, 5.74) is 1.30. The molecule has 0 aliphatic carbocycles. The van der Waals surface area contributed by atoms with Crippen molar-refractivity contribution in [3.05, 3.63) is 71.8 Å². The molecule has 10 heteroatoms. The molecule has 0 spiro atoms. The van der Waals surface area contributed by atoms with Gasteiger partial charge in [-0.15, -0.1) is 0 Å². The first-order valence-corrected chi connectivity index (χ1v) is 16.8. The van der Waals surface area contributed by atoms with E-state index in [1.807, 2.05) is 87.7 Å². The van der Waals surface area contributed by atoms with Crippen LogP contribution in [0.1, 0.15) is 38.3 Å². The summed E-state index contributed by atoms with van der Waals surface area (Å²) in [6.07, 6.45) is 3.13. The second-order valence-electron chi connectivity index (χ2n) is 10.2. The van der Waals surface area contributed by atoms with Crippen LogP contribution in [0.4, 0.5) is 4.79 Å². The topological polar surface area (TPSA) is 105 Å². The summed E-state index contributed by atoms with van der Waals surface area (Å²) in [6, 6.07) is 18.0. The highest BCUT2D eigenvalue weighted by molar-refractivity contribution is 8.76. The maximum Gasteiger partial charge on any atom is 0.407 e. The summed E-state index contributed by atoms with van der Waals surface area (Å²) in [5.74, 6) is 0.327. The molecule has 0 aromatic heterocycles. The second-order valence-corrected chi connectivity index (χ2v) is 13.7. The first-order valence-electron chi connectivity index (χ1n) is 12.9. The fourth-order valence-corrected chi connectivity index (χ4v) is 6.78. The third kappa shape index (κ3) is 14.1. The first-order chi connectivity index (χ1) is 18.6. The molecule has 39 heavy (non-hydrogen) atoms. The SMILES string of the molecule is CSCCC(CSSCC(Cc1ccccc1)C(=O)NC(Cc1ccccc1)C(=O)O)NC(=O)OC(C)(C)C. The highest BCUT2D eigenvalue weighted by Gasteiger charge is 2.26. The molecular formula is C29H40N2O5S3. The van der Waals surface area contributed by atoms with Crippen LogP contribution in [0.5, 0.6) is 0 Å². The van der Waals surface area contributed by atoms with Crippen LogP contribution in [0, 0.1) is 5.92 Å². The fourth-order valence-electron chi connectivity index (χ4n) is 3.66. The lowest BCUT2D eigenvalue weighted by atomic mass is 9.99. The number of carbonyl (C=O) groups excluding carboxylic acids is 2. The van der Waals surface area contributed by atoms with E-state index in [2.05, 4.69) is 10.6 Å². The average molecular weight is 593 g/mol. The Balaban J connectivity index is 2.00. The van der Waals surface area contributed by atoms with Crippen LogP contribution in [0.25, 0.3) is 0 Å². The summed E-state index contributed by atoms with van der Waals surface area (Å²) >= 11 is 1.72. The highest BCUT2D eigenvalue weighted by Crippen LogP contribution is 2.27. The average Bonchev–Trinajstić information content (AvgIpc) is 2.88. The van der Waals surface area contributed by atoms with E-state index in [0.717, 1.165) is 23.3 Å². The quantitative estimate of drug-likeness (QED) is 0.169. The number of hydrogen-bond acceptors (Lipinski definition) is 7. The van der Waals surface area contributed by atoms with Crippen molar-refractivity contribution in [3.63, 3.8) is 0 Å². The van der Waals surface area contributed by atoms with Gasteiger partial charge in [-0.1, -0.05) is 82.3 Å². The van der Waals surface area contributed by atoms with Gasteiger partial charge >= 0.3 is 12.1 Å². The second kappa shape index (κ2) is 17.4. The van der Waals surface area contributed by atoms with Crippen molar-refractivity contribution in [1.82, 2.24) is 10.6 Å². The number of nitrogens with one attached hydrogen (secondary N) is 2. The van der Waals surface area contributed by atoms with Gasteiger partial charge in [0.05, 0.1) is 5.92 Å². The van der Waals surface area contributed by atoms with Crippen molar-refractivity contribution >= 4 is 51.3 Å². The lowest BCUT2D eigenvalue weighted by Crippen LogP contribution is -2.45. The predicted octanol–water partition coefficient (Wildman–Crippen LogP) is 5.69. The number of aliphatic carboxylic acids is 1. The monoisotopic (exact) mass is 592 g/mol. The van der Waals surface area contributed by atoms with Gasteiger partial charge in [0.25, 0.3) is 0 Å². The van der Waals surface area contributed by atoms with Crippen LogP contribution in [0.15, 0.2) is 60.7 Å². The fraction of sp³-hybridized carbons (Fsp3) is 0.483. The number of rotatable bonds is 16. The number of thioether (sulfide) groups is 1. The first kappa shape index (κ1) is 32.9. The van der Waals surface area contributed by atoms with Crippen LogP contribution in [-0.2, 0) is 27.2 Å². The minimum absolute atomic E-state index is 0.0616. The van der Waals surface area contributed by atoms with Crippen molar-refractivity contribution in [2.75, 3.05) is 23.5 Å². The number of hydrogen-bond donors (Lipinski definition) is 3. The van der Waals surface area contributed by atoms with E-state index in [1.54, 1.807) is 33.3 Å². The molecule has 2 amide bonds. The molecule has 2 aromatic rings. The van der Waals surface area contributed by atoms with E-state index in [1.165, 1.54) is 0 Å². The van der Waals surface area contributed by atoms with Gasteiger partial charge in [0.15, 0.2) is 0 Å². The molecule has 2 rings (SSSR count). The number of carboxylic acids is 1. The van der Waals surface area contributed by atoms with Crippen LogP contribution < -0.4 is 10.6 Å². The number of amides is 2. The molecule has 0 saturated heterocycles. The summed E-state index contributed by atoms with van der Waals surface area (Å²) < 4.78 is 5.42. The van der Waals surface area contributed by atoms with E-state index in [9.17, 15) is 19.5 Å². The van der Waals surface area contributed by atoms with Gasteiger partial charge in [-0.25, -0.2) is 9.59 Å². The van der Waals surface area contributed by atoms with Crippen LogP contribution in [-0.4, -0.2) is 64.3 Å². The Morgan fingerprint density at radius 1 is 0.872 bits per heavy atom. The summed E-state index contributed by atoms with van der Waals surface area (Å²) in [6.45, 7) is 5.50. The summed E-state index contributed by atoms with van der Waals surface area (Å²) in [5, 5.41) is 15.5. The van der Waals surface area contributed by atoms with E-state index >= 15 is 0 Å². The Bertz CT molecular complexity index is 1020. The molecule has 0 heterocycles. The van der Waals surface area contributed by atoms with Gasteiger partial charge in [0, 0.05) is 24.0 Å². The Hall–Kier alpha value is -2.30. The minimum atomic E-state index is -1.06. The predicted molar refractivity (Wildman–Crippen MR) is 164 cm³/mol. The molecule has 3 unspecified atom stereocenters. The van der Waals surface area contributed by atoms with Crippen molar-refractivity contribution in [2.24, 2.45) is 5.92 Å². The Kier molecular flexibility index (Phi) is 14.7. The maximum absolute atomic E-state index is 13.3. The van der Waals surface area contributed by atoms with E-state index in [0.29, 0.717) is 17.9 Å². The van der Waals surface area contributed by atoms with Gasteiger partial charge in [0.2, 0.25) is 5.91 Å². The van der Waals surface area contributed by atoms with E-state index in [-0.39, 0.29) is 18.4 Å². The van der Waals surface area contributed by atoms with Gasteiger partial charge in [0.1, 0.15) is 11.6 Å². The lowest BCUT2D eigenvalue weighted by molar-refractivity contribution is -0.142. The van der Waals surface area contributed by atoms with Crippen molar-refractivity contribution in [2.45, 2.75) is 57.7 Å². The van der Waals surface area contributed by atoms with Gasteiger partial charge in [-0.2, -0.15) is 11.8 Å². The summed E-state index contributed by atoms with van der Waals surface area (Å²) in [7, 11) is 3.16. The number of carboxylic acid groups (broad SMARTS) is 1. The molecule has 0 fully saturated rings. The highest BCUT2D eigenvalue weighted by atomic mass is 33.1. The molecule has 3 N–H and O–H groups in total. The molecule has 3 atom stereocenters. The Labute approximate surface area is 244 Å². The van der Waals surface area contributed by atoms with Crippen LogP contribution in [0.3, 0.4) is 0 Å². The normalized spacial score (nSPS) is 13.6. The molecular weight excluding hydrogens is 553 g/mol. The summed E-state index contributed by atoms with van der Waals surface area (Å²) in [4.78, 5) is 37.6. The van der Waals surface area contributed by atoms with Gasteiger partial charge in [-0.3, -0.25) is 4.79 Å². The van der Waals surface area contributed by atoms with Gasteiger partial charge < -0.3 is 20.5 Å². The van der Waals surface area contributed by atoms with Gasteiger partial charge in [-0.05, 0) is 56.7 Å². The zero-order chi connectivity index (χ0) is 28.7. The molecule has 0 radical (unpaired) electrons. The maximum atomic E-state index is 13.3. The number of benzene rings is 2. The molecule has 7 nitrogen and oxygen atoms in total. The van der Waals surface area contributed by atoms with Crippen molar-refractivity contribution in [3.8, 4) is 0 Å². The van der Waals surface area contributed by atoms with Crippen molar-refractivity contribution in [1.29, 1.82) is 0 Å². The molecule has 0 saturated carbocycles. The van der Waals surface area contributed by atoms with E-state index < -0.39 is 29.6 Å². The molecule has 0 aliphatic heterocycles. The van der Waals surface area contributed by atoms with Crippen molar-refractivity contribution < 1.29 is 24.2 Å². The van der Waals surface area contributed by atoms with Crippen LogP contribution in [0.2, 0.25) is 0 Å². The third-order valence-electron chi connectivity index (χ3n) is 5.61. The number of carbonyl (C=O) groups is 3. The molecule has 0 bridgehead atoms. The lowest BCUT2D eigenvalue weighted by Gasteiger charge is -2.24. The standard InChI is InChI=1S/C29H40N2O5S3/c1-29(2,3)36-28(35)30-24(15-16-37-4)20-39-38-19-23(17-21-11-7-5-8-12-21)26(32)31-25(27(33)34)18-22-13-9-6-10-14-22/h5-14,23-25H,15-20H2,1-4H3,(H,30,35)(H,31,32)(H,33,34). The smallest absolute Gasteiger partial charge is 0.407 e. The molecule has 2 aromatic carbocycles. The molecule has 0 aliphatic rings. The zero-order valence-corrected chi connectivity index (χ0v) is 25.5. The number of alkyl carbamates (subject to hydrolysis) is 1. The molecule has 214 valence electrons. The Morgan fingerprint density at radius 2 is 1.44 bits per heavy atom. The Morgan fingerprint density at radius 3 is 1.97 bits per heavy atom. The number of ether oxygens (including phenoxy) is 1. The van der Waals surface area contributed by atoms with E-state index in [4.69, 9.17) is 4.74 Å². The third-order valence-corrected chi connectivity index (χ3v) is 8.81. The largest absolute Gasteiger partial charge is 0.480 e. The minimum Gasteiger partial charge on any atom is -0.480 e. The zero-order valence-electron chi connectivity index (χ0n) is 23.1.